The molecule has 8 nitrogen and oxygen atoms in total. The second-order valence-electron chi connectivity index (χ2n) is 4.69. The fraction of sp³-hybridized carbons (Fsp3) is 0.200. The molecule has 2 aromatic heterocycles. The van der Waals surface area contributed by atoms with Gasteiger partial charge in [-0.1, -0.05) is 5.10 Å². The quantitative estimate of drug-likeness (QED) is 0.701. The van der Waals surface area contributed by atoms with E-state index in [9.17, 15) is 4.79 Å². The number of aromatic nitrogens is 3. The van der Waals surface area contributed by atoms with E-state index in [4.69, 9.17) is 13.9 Å². The van der Waals surface area contributed by atoms with Crippen molar-refractivity contribution in [3.05, 3.63) is 35.5 Å². The number of amides is 1. The minimum atomic E-state index is -0.339. The largest absolute Gasteiger partial charge is 0.497 e. The van der Waals surface area contributed by atoms with Gasteiger partial charge in [-0.2, -0.15) is 0 Å². The van der Waals surface area contributed by atoms with Crippen LogP contribution in [0.2, 0.25) is 0 Å². The Bertz CT molecular complexity index is 847. The first kappa shape index (κ1) is 15.9. The summed E-state index contributed by atoms with van der Waals surface area (Å²) in [6, 6.07) is 5.02. The molecule has 2 heterocycles. The zero-order valence-corrected chi connectivity index (χ0v) is 14.0. The normalized spacial score (nSPS) is 10.5. The molecule has 0 unspecified atom stereocenters. The van der Waals surface area contributed by atoms with Crippen molar-refractivity contribution in [2.24, 2.45) is 0 Å². The maximum absolute atomic E-state index is 12.7. The summed E-state index contributed by atoms with van der Waals surface area (Å²) in [7, 11) is 4.58. The highest BCUT2D eigenvalue weighted by atomic mass is 32.1. The smallest absolute Gasteiger partial charge is 0.325 e. The SMILES string of the molecule is COc1ccc(C(=O)N(C)c2nnc(-c3cncs3)o2)c(OC)c1. The maximum Gasteiger partial charge on any atom is 0.325 e. The Morgan fingerprint density at radius 2 is 2.08 bits per heavy atom. The van der Waals surface area contributed by atoms with Gasteiger partial charge < -0.3 is 13.9 Å². The molecule has 0 aliphatic rings. The van der Waals surface area contributed by atoms with E-state index in [2.05, 4.69) is 15.2 Å². The van der Waals surface area contributed by atoms with E-state index in [1.165, 1.54) is 23.3 Å². The second-order valence-corrected chi connectivity index (χ2v) is 5.57. The number of ether oxygens (including phenoxy) is 2. The van der Waals surface area contributed by atoms with Crippen LogP contribution >= 0.6 is 11.3 Å². The topological polar surface area (TPSA) is 90.6 Å². The van der Waals surface area contributed by atoms with E-state index in [-0.39, 0.29) is 11.9 Å². The summed E-state index contributed by atoms with van der Waals surface area (Å²) in [5.74, 6) is 0.965. The van der Waals surface area contributed by atoms with E-state index in [0.717, 1.165) is 4.88 Å². The van der Waals surface area contributed by atoms with Crippen molar-refractivity contribution in [2.75, 3.05) is 26.2 Å². The lowest BCUT2D eigenvalue weighted by Gasteiger charge is -2.15. The number of hydrogen-bond donors (Lipinski definition) is 0. The zero-order chi connectivity index (χ0) is 17.1. The highest BCUT2D eigenvalue weighted by Gasteiger charge is 2.23. The van der Waals surface area contributed by atoms with E-state index < -0.39 is 0 Å². The molecule has 0 N–H and O–H groups in total. The summed E-state index contributed by atoms with van der Waals surface area (Å²) in [5.41, 5.74) is 2.02. The van der Waals surface area contributed by atoms with Gasteiger partial charge in [-0.25, -0.2) is 0 Å². The lowest BCUT2D eigenvalue weighted by Crippen LogP contribution is -2.27. The molecule has 0 saturated carbocycles. The van der Waals surface area contributed by atoms with E-state index in [1.807, 2.05) is 0 Å². The Balaban J connectivity index is 1.87. The number of nitrogens with zero attached hydrogens (tertiary/aromatic N) is 4. The third-order valence-electron chi connectivity index (χ3n) is 3.29. The molecule has 0 radical (unpaired) electrons. The van der Waals surface area contributed by atoms with E-state index >= 15 is 0 Å². The van der Waals surface area contributed by atoms with Crippen molar-refractivity contribution in [1.29, 1.82) is 0 Å². The minimum absolute atomic E-state index is 0.0845. The lowest BCUT2D eigenvalue weighted by atomic mass is 10.1. The lowest BCUT2D eigenvalue weighted by molar-refractivity contribution is 0.0985. The van der Waals surface area contributed by atoms with E-state index in [0.29, 0.717) is 23.0 Å². The highest BCUT2D eigenvalue weighted by molar-refractivity contribution is 7.13. The van der Waals surface area contributed by atoms with Crippen molar-refractivity contribution in [2.45, 2.75) is 0 Å². The number of carbonyl (C=O) groups is 1. The Hall–Kier alpha value is -2.94. The minimum Gasteiger partial charge on any atom is -0.497 e. The molecule has 0 atom stereocenters. The number of methoxy groups -OCH3 is 2. The standard InChI is InChI=1S/C15H14N4O4S/c1-19(15-18-17-13(23-15)12-7-16-8-24-12)14(20)10-5-4-9(21-2)6-11(10)22-3/h4-8H,1-3H3. The third-order valence-corrected chi connectivity index (χ3v) is 4.05. The van der Waals surface area contributed by atoms with Crippen molar-refractivity contribution in [3.63, 3.8) is 0 Å². The fourth-order valence-corrected chi connectivity index (χ4v) is 2.56. The molecular formula is C15H14N4O4S. The summed E-state index contributed by atoms with van der Waals surface area (Å²) < 4.78 is 15.9. The highest BCUT2D eigenvalue weighted by Crippen LogP contribution is 2.28. The van der Waals surface area contributed by atoms with Gasteiger partial charge in [0.2, 0.25) is 0 Å². The van der Waals surface area contributed by atoms with Crippen LogP contribution in [0.15, 0.2) is 34.3 Å². The Kier molecular flexibility index (Phi) is 4.43. The van der Waals surface area contributed by atoms with Crippen LogP contribution in [0.1, 0.15) is 10.4 Å². The number of carbonyl (C=O) groups excluding carboxylic acids is 1. The number of rotatable bonds is 5. The van der Waals surface area contributed by atoms with Gasteiger partial charge >= 0.3 is 6.01 Å². The van der Waals surface area contributed by atoms with Gasteiger partial charge in [-0.05, 0) is 12.1 Å². The molecule has 9 heteroatoms. The van der Waals surface area contributed by atoms with Gasteiger partial charge in [0.15, 0.2) is 0 Å². The van der Waals surface area contributed by atoms with Crippen LogP contribution < -0.4 is 14.4 Å². The first-order valence-electron chi connectivity index (χ1n) is 6.86. The van der Waals surface area contributed by atoms with Crippen LogP contribution in [0.5, 0.6) is 11.5 Å². The van der Waals surface area contributed by atoms with Crippen LogP contribution in [0, 0.1) is 0 Å². The summed E-state index contributed by atoms with van der Waals surface area (Å²) >= 11 is 1.37. The summed E-state index contributed by atoms with van der Waals surface area (Å²) in [6.45, 7) is 0. The van der Waals surface area contributed by atoms with Crippen LogP contribution in [-0.2, 0) is 0 Å². The molecule has 24 heavy (non-hydrogen) atoms. The molecule has 1 amide bonds. The zero-order valence-electron chi connectivity index (χ0n) is 13.2. The molecular weight excluding hydrogens is 332 g/mol. The van der Waals surface area contributed by atoms with Crippen molar-refractivity contribution in [1.82, 2.24) is 15.2 Å². The van der Waals surface area contributed by atoms with E-state index in [1.54, 1.807) is 44.1 Å². The molecule has 3 rings (SSSR count). The van der Waals surface area contributed by atoms with Crippen LogP contribution in [0.3, 0.4) is 0 Å². The Labute approximate surface area is 141 Å². The van der Waals surface area contributed by atoms with Gasteiger partial charge in [-0.3, -0.25) is 14.7 Å². The number of anilines is 1. The molecule has 0 fully saturated rings. The van der Waals surface area contributed by atoms with Gasteiger partial charge in [-0.15, -0.1) is 16.4 Å². The summed E-state index contributed by atoms with van der Waals surface area (Å²) in [6.07, 6.45) is 1.62. The molecule has 0 spiro atoms. The summed E-state index contributed by atoms with van der Waals surface area (Å²) in [4.78, 5) is 18.6. The van der Waals surface area contributed by atoms with Crippen LogP contribution in [0.25, 0.3) is 10.8 Å². The number of benzene rings is 1. The molecule has 3 aromatic rings. The molecule has 0 bridgehead atoms. The van der Waals surface area contributed by atoms with Crippen molar-refractivity contribution >= 4 is 23.3 Å². The molecule has 0 aliphatic heterocycles. The first-order chi connectivity index (χ1) is 11.6. The summed E-state index contributed by atoms with van der Waals surface area (Å²) in [5, 5.41) is 7.84. The maximum atomic E-state index is 12.7. The van der Waals surface area contributed by atoms with Crippen molar-refractivity contribution in [3.8, 4) is 22.3 Å². The molecule has 124 valence electrons. The molecule has 1 aromatic carbocycles. The Morgan fingerprint density at radius 3 is 2.75 bits per heavy atom. The second kappa shape index (κ2) is 6.67. The predicted molar refractivity (Wildman–Crippen MR) is 87.7 cm³/mol. The average molecular weight is 346 g/mol. The number of thiazole rings is 1. The Morgan fingerprint density at radius 1 is 1.25 bits per heavy atom. The van der Waals surface area contributed by atoms with Gasteiger partial charge in [0.1, 0.15) is 16.4 Å². The third kappa shape index (κ3) is 2.93. The van der Waals surface area contributed by atoms with Gasteiger partial charge in [0.05, 0.1) is 31.5 Å². The predicted octanol–water partition coefficient (Wildman–Crippen LogP) is 2.49. The van der Waals surface area contributed by atoms with Gasteiger partial charge in [0.25, 0.3) is 11.8 Å². The molecule has 0 saturated heterocycles. The number of hydrogen-bond acceptors (Lipinski definition) is 8. The van der Waals surface area contributed by atoms with Gasteiger partial charge in [0, 0.05) is 13.1 Å². The fourth-order valence-electron chi connectivity index (χ4n) is 2.01. The monoisotopic (exact) mass is 346 g/mol. The van der Waals surface area contributed by atoms with Crippen LogP contribution in [-0.4, -0.2) is 42.4 Å². The van der Waals surface area contributed by atoms with Crippen molar-refractivity contribution < 1.29 is 18.7 Å². The average Bonchev–Trinajstić information content (AvgIpc) is 3.30. The van der Waals surface area contributed by atoms with Crippen LogP contribution in [0.4, 0.5) is 6.01 Å². The molecule has 0 aliphatic carbocycles. The first-order valence-corrected chi connectivity index (χ1v) is 7.74.